The maximum atomic E-state index is 10.8. The molecule has 3 N–H and O–H groups in total. The van der Waals surface area contributed by atoms with Gasteiger partial charge in [0.1, 0.15) is 0 Å². The van der Waals surface area contributed by atoms with Gasteiger partial charge in [-0.2, -0.15) is 0 Å². The Kier molecular flexibility index (Phi) is 3.44. The van der Waals surface area contributed by atoms with Crippen LogP contribution in [0.2, 0.25) is 0 Å². The first-order valence-corrected chi connectivity index (χ1v) is 5.71. The summed E-state index contributed by atoms with van der Waals surface area (Å²) in [4.78, 5) is 10.8. The van der Waals surface area contributed by atoms with Gasteiger partial charge in [0, 0.05) is 31.2 Å². The molecule has 0 fully saturated rings. The minimum atomic E-state index is -0.266. The Bertz CT molecular complexity index is 530. The van der Waals surface area contributed by atoms with E-state index in [-0.39, 0.29) is 5.91 Å². The van der Waals surface area contributed by atoms with Crippen molar-refractivity contribution in [3.05, 3.63) is 36.0 Å². The van der Waals surface area contributed by atoms with Gasteiger partial charge in [-0.15, -0.1) is 0 Å². The fourth-order valence-electron chi connectivity index (χ4n) is 1.97. The van der Waals surface area contributed by atoms with Gasteiger partial charge in [0.25, 0.3) is 0 Å². The fraction of sp³-hybridized carbons (Fsp3) is 0.308. The zero-order valence-electron chi connectivity index (χ0n) is 9.94. The molecule has 2 rings (SSSR count). The lowest BCUT2D eigenvalue weighted by molar-refractivity contribution is -0.118. The number of carbonyl (C=O) groups excluding carboxylic acids is 1. The molecule has 1 heterocycles. The van der Waals surface area contributed by atoms with Crippen LogP contribution in [0, 0.1) is 0 Å². The molecule has 4 heteroatoms. The van der Waals surface area contributed by atoms with Gasteiger partial charge in [0.05, 0.1) is 0 Å². The molecule has 1 aromatic carbocycles. The molecule has 0 bridgehead atoms. The highest BCUT2D eigenvalue weighted by Crippen LogP contribution is 2.18. The predicted molar refractivity (Wildman–Crippen MR) is 68.5 cm³/mol. The number of hydrogen-bond acceptors (Lipinski definition) is 2. The van der Waals surface area contributed by atoms with Crippen LogP contribution < -0.4 is 11.1 Å². The SMILES string of the molecule is CNCc1ccc2ccn(CCC(N)=O)c2c1. The Hall–Kier alpha value is -1.81. The van der Waals surface area contributed by atoms with Gasteiger partial charge in [-0.3, -0.25) is 4.79 Å². The predicted octanol–water partition coefficient (Wildman–Crippen LogP) is 1.24. The monoisotopic (exact) mass is 231 g/mol. The highest BCUT2D eigenvalue weighted by Gasteiger charge is 2.03. The number of nitrogens with two attached hydrogens (primary N) is 1. The summed E-state index contributed by atoms with van der Waals surface area (Å²) in [6.45, 7) is 1.48. The average Bonchev–Trinajstić information content (AvgIpc) is 2.69. The van der Waals surface area contributed by atoms with Crippen LogP contribution in [-0.4, -0.2) is 17.5 Å². The van der Waals surface area contributed by atoms with E-state index in [0.29, 0.717) is 13.0 Å². The number of amides is 1. The molecule has 0 aliphatic rings. The third-order valence-electron chi connectivity index (χ3n) is 2.82. The van der Waals surface area contributed by atoms with Crippen molar-refractivity contribution in [2.24, 2.45) is 5.73 Å². The van der Waals surface area contributed by atoms with Crippen molar-refractivity contribution in [2.45, 2.75) is 19.5 Å². The highest BCUT2D eigenvalue weighted by atomic mass is 16.1. The highest BCUT2D eigenvalue weighted by molar-refractivity contribution is 5.81. The van der Waals surface area contributed by atoms with E-state index in [0.717, 1.165) is 12.1 Å². The summed E-state index contributed by atoms with van der Waals surface area (Å²) in [7, 11) is 1.93. The molecule has 0 saturated heterocycles. The van der Waals surface area contributed by atoms with E-state index in [4.69, 9.17) is 5.73 Å². The first-order chi connectivity index (χ1) is 8.20. The topological polar surface area (TPSA) is 60.1 Å². The number of benzene rings is 1. The molecule has 0 aliphatic heterocycles. The second-order valence-electron chi connectivity index (χ2n) is 4.15. The molecule has 17 heavy (non-hydrogen) atoms. The van der Waals surface area contributed by atoms with Crippen molar-refractivity contribution in [1.82, 2.24) is 9.88 Å². The minimum absolute atomic E-state index is 0.266. The van der Waals surface area contributed by atoms with E-state index >= 15 is 0 Å². The van der Waals surface area contributed by atoms with Crippen molar-refractivity contribution in [3.8, 4) is 0 Å². The van der Waals surface area contributed by atoms with Crippen LogP contribution in [0.25, 0.3) is 10.9 Å². The molecule has 0 atom stereocenters. The van der Waals surface area contributed by atoms with E-state index in [9.17, 15) is 4.79 Å². The van der Waals surface area contributed by atoms with Crippen LogP contribution in [0.1, 0.15) is 12.0 Å². The average molecular weight is 231 g/mol. The minimum Gasteiger partial charge on any atom is -0.370 e. The number of nitrogens with zero attached hydrogens (tertiary/aromatic N) is 1. The Morgan fingerprint density at radius 2 is 2.24 bits per heavy atom. The van der Waals surface area contributed by atoms with Gasteiger partial charge in [0.15, 0.2) is 0 Å². The summed E-state index contributed by atoms with van der Waals surface area (Å²) in [5, 5.41) is 4.32. The van der Waals surface area contributed by atoms with Gasteiger partial charge in [0.2, 0.25) is 5.91 Å². The van der Waals surface area contributed by atoms with Gasteiger partial charge in [-0.1, -0.05) is 12.1 Å². The number of aromatic nitrogens is 1. The van der Waals surface area contributed by atoms with Crippen LogP contribution in [0.3, 0.4) is 0 Å². The summed E-state index contributed by atoms with van der Waals surface area (Å²) < 4.78 is 2.07. The third kappa shape index (κ3) is 2.65. The number of aryl methyl sites for hydroxylation is 1. The van der Waals surface area contributed by atoms with Crippen molar-refractivity contribution in [2.75, 3.05) is 7.05 Å². The molecule has 1 aromatic heterocycles. The van der Waals surface area contributed by atoms with Crippen LogP contribution in [0.15, 0.2) is 30.5 Å². The third-order valence-corrected chi connectivity index (χ3v) is 2.82. The van der Waals surface area contributed by atoms with Crippen molar-refractivity contribution in [1.29, 1.82) is 0 Å². The zero-order valence-corrected chi connectivity index (χ0v) is 9.94. The maximum Gasteiger partial charge on any atom is 0.219 e. The smallest absolute Gasteiger partial charge is 0.219 e. The lowest BCUT2D eigenvalue weighted by atomic mass is 10.1. The Morgan fingerprint density at radius 3 is 2.94 bits per heavy atom. The van der Waals surface area contributed by atoms with Crippen molar-refractivity contribution >= 4 is 16.8 Å². The number of hydrogen-bond donors (Lipinski definition) is 2. The second-order valence-corrected chi connectivity index (χ2v) is 4.15. The summed E-state index contributed by atoms with van der Waals surface area (Å²) >= 11 is 0. The summed E-state index contributed by atoms with van der Waals surface area (Å²) in [5.74, 6) is -0.266. The molecule has 0 aliphatic carbocycles. The molecule has 0 unspecified atom stereocenters. The number of rotatable bonds is 5. The van der Waals surface area contributed by atoms with E-state index in [1.807, 2.05) is 13.2 Å². The summed E-state index contributed by atoms with van der Waals surface area (Å²) in [6.07, 6.45) is 2.37. The molecular weight excluding hydrogens is 214 g/mol. The summed E-state index contributed by atoms with van der Waals surface area (Å²) in [6, 6.07) is 8.41. The zero-order chi connectivity index (χ0) is 12.3. The van der Waals surface area contributed by atoms with Gasteiger partial charge < -0.3 is 15.6 Å². The van der Waals surface area contributed by atoms with Crippen LogP contribution >= 0.6 is 0 Å². The van der Waals surface area contributed by atoms with Crippen molar-refractivity contribution in [3.63, 3.8) is 0 Å². The molecule has 0 saturated carbocycles. The summed E-state index contributed by atoms with van der Waals surface area (Å²) in [5.41, 5.74) is 7.56. The number of nitrogens with one attached hydrogen (secondary N) is 1. The van der Waals surface area contributed by atoms with Crippen LogP contribution in [0.4, 0.5) is 0 Å². The van der Waals surface area contributed by atoms with Crippen LogP contribution in [-0.2, 0) is 17.9 Å². The lowest BCUT2D eigenvalue weighted by Crippen LogP contribution is -2.13. The second kappa shape index (κ2) is 5.01. The van der Waals surface area contributed by atoms with Gasteiger partial charge >= 0.3 is 0 Å². The number of fused-ring (bicyclic) bond motifs is 1. The molecular formula is C13H17N3O. The van der Waals surface area contributed by atoms with E-state index in [1.54, 1.807) is 0 Å². The standard InChI is InChI=1S/C13H17N3O/c1-15-9-10-2-3-11-4-6-16(12(11)8-10)7-5-13(14)17/h2-4,6,8,15H,5,7,9H2,1H3,(H2,14,17). The Balaban J connectivity index is 2.29. The quantitative estimate of drug-likeness (QED) is 0.813. The molecule has 2 aromatic rings. The number of carbonyl (C=O) groups is 1. The first kappa shape index (κ1) is 11.7. The molecule has 4 nitrogen and oxygen atoms in total. The maximum absolute atomic E-state index is 10.8. The van der Waals surface area contributed by atoms with Crippen LogP contribution in [0.5, 0.6) is 0 Å². The lowest BCUT2D eigenvalue weighted by Gasteiger charge is -2.05. The van der Waals surface area contributed by atoms with E-state index < -0.39 is 0 Å². The Morgan fingerprint density at radius 1 is 1.41 bits per heavy atom. The molecule has 90 valence electrons. The normalized spacial score (nSPS) is 10.9. The molecule has 1 amide bonds. The number of primary amides is 1. The molecule has 0 spiro atoms. The van der Waals surface area contributed by atoms with E-state index in [2.05, 4.69) is 34.1 Å². The largest absolute Gasteiger partial charge is 0.370 e. The van der Waals surface area contributed by atoms with Gasteiger partial charge in [-0.25, -0.2) is 0 Å². The van der Waals surface area contributed by atoms with E-state index in [1.165, 1.54) is 10.9 Å². The van der Waals surface area contributed by atoms with Crippen molar-refractivity contribution < 1.29 is 4.79 Å². The first-order valence-electron chi connectivity index (χ1n) is 5.71. The van der Waals surface area contributed by atoms with Gasteiger partial charge in [-0.05, 0) is 30.1 Å². The Labute approximate surface area is 100 Å². The molecule has 0 radical (unpaired) electrons. The fourth-order valence-corrected chi connectivity index (χ4v) is 1.97.